The van der Waals surface area contributed by atoms with Crippen molar-refractivity contribution in [2.45, 2.75) is 39.2 Å². The molecule has 3 nitrogen and oxygen atoms in total. The molecule has 0 saturated heterocycles. The minimum Gasteiger partial charge on any atom is -0.388 e. The summed E-state index contributed by atoms with van der Waals surface area (Å²) in [5, 5.41) is 6.15. The first kappa shape index (κ1) is 20.5. The molecule has 2 aromatic rings. The van der Waals surface area contributed by atoms with E-state index in [2.05, 4.69) is 50.1 Å². The van der Waals surface area contributed by atoms with Gasteiger partial charge in [-0.3, -0.25) is 4.79 Å². The second kappa shape index (κ2) is 8.72. The normalized spacial score (nSPS) is 12.6. The Hall–Kier alpha value is -2.81. The fraction of sp³-hybridized carbons (Fsp3) is 0.292. The van der Waals surface area contributed by atoms with E-state index in [-0.39, 0.29) is 17.4 Å². The van der Waals surface area contributed by atoms with Crippen LogP contribution in [-0.4, -0.2) is 13.0 Å². The number of amides is 1. The highest BCUT2D eigenvalue weighted by atomic mass is 16.1. The second-order valence-electron chi connectivity index (χ2n) is 7.74. The maximum absolute atomic E-state index is 12.3. The smallest absolute Gasteiger partial charge is 0.244 e. The molecular formula is C24H30N2O. The zero-order valence-corrected chi connectivity index (χ0v) is 17.0. The Labute approximate surface area is 163 Å². The summed E-state index contributed by atoms with van der Waals surface area (Å²) in [5.41, 5.74) is 5.50. The summed E-state index contributed by atoms with van der Waals surface area (Å²) in [7, 11) is 1.88. The van der Waals surface area contributed by atoms with Gasteiger partial charge in [-0.25, -0.2) is 0 Å². The first-order chi connectivity index (χ1) is 12.7. The van der Waals surface area contributed by atoms with Crippen molar-refractivity contribution in [2.75, 3.05) is 12.4 Å². The fourth-order valence-electron chi connectivity index (χ4n) is 2.86. The molecule has 0 aromatic heterocycles. The zero-order valence-electron chi connectivity index (χ0n) is 17.0. The lowest BCUT2D eigenvalue weighted by Gasteiger charge is -2.18. The maximum Gasteiger partial charge on any atom is 0.244 e. The van der Waals surface area contributed by atoms with Crippen LogP contribution >= 0.6 is 0 Å². The monoisotopic (exact) mass is 362 g/mol. The number of nitrogens with one attached hydrogen (secondary N) is 2. The van der Waals surface area contributed by atoms with Gasteiger partial charge in [0, 0.05) is 18.8 Å². The molecule has 0 aliphatic heterocycles. The van der Waals surface area contributed by atoms with Crippen molar-refractivity contribution in [1.29, 1.82) is 0 Å². The van der Waals surface area contributed by atoms with E-state index in [9.17, 15) is 4.79 Å². The third-order valence-corrected chi connectivity index (χ3v) is 4.63. The molecule has 1 atom stereocenters. The standard InChI is InChI=1S/C24H30N2O/c1-7-19-16-20(11-14-22(19)25-6)17(2)26-23(27)15-10-18-8-12-21(13-9-18)24(3,4)5/h7-17,25H,1H2,2-6H3,(H,26,27)/b15-10+/t17-/m1/s1. The van der Waals surface area contributed by atoms with Gasteiger partial charge >= 0.3 is 0 Å². The Morgan fingerprint density at radius 1 is 1.11 bits per heavy atom. The molecule has 0 aliphatic carbocycles. The molecule has 3 heteroatoms. The molecule has 27 heavy (non-hydrogen) atoms. The first-order valence-corrected chi connectivity index (χ1v) is 9.28. The molecule has 142 valence electrons. The van der Waals surface area contributed by atoms with Crippen LogP contribution in [0.15, 0.2) is 55.1 Å². The lowest BCUT2D eigenvalue weighted by Crippen LogP contribution is -2.24. The Bertz CT molecular complexity index is 826. The van der Waals surface area contributed by atoms with Crippen molar-refractivity contribution >= 4 is 23.7 Å². The number of carbonyl (C=O) groups is 1. The molecule has 0 spiro atoms. The molecule has 2 rings (SSSR count). The topological polar surface area (TPSA) is 41.1 Å². The van der Waals surface area contributed by atoms with Crippen LogP contribution in [0.5, 0.6) is 0 Å². The van der Waals surface area contributed by atoms with Crippen LogP contribution in [0, 0.1) is 0 Å². The van der Waals surface area contributed by atoms with E-state index in [1.54, 1.807) is 6.08 Å². The van der Waals surface area contributed by atoms with Gasteiger partial charge < -0.3 is 10.6 Å². The number of hydrogen-bond acceptors (Lipinski definition) is 2. The molecule has 2 N–H and O–H groups in total. The van der Waals surface area contributed by atoms with E-state index in [0.29, 0.717) is 0 Å². The summed E-state index contributed by atoms with van der Waals surface area (Å²) in [6, 6.07) is 14.3. The Morgan fingerprint density at radius 3 is 2.33 bits per heavy atom. The third-order valence-electron chi connectivity index (χ3n) is 4.63. The minimum atomic E-state index is -0.111. The van der Waals surface area contributed by atoms with Gasteiger partial charge in [0.05, 0.1) is 6.04 Å². The van der Waals surface area contributed by atoms with E-state index in [0.717, 1.165) is 22.4 Å². The van der Waals surface area contributed by atoms with Gasteiger partial charge in [-0.2, -0.15) is 0 Å². The van der Waals surface area contributed by atoms with Gasteiger partial charge in [0.1, 0.15) is 0 Å². The predicted molar refractivity (Wildman–Crippen MR) is 117 cm³/mol. The number of rotatable bonds is 6. The van der Waals surface area contributed by atoms with E-state index in [1.165, 1.54) is 5.56 Å². The van der Waals surface area contributed by atoms with Crippen molar-refractivity contribution < 1.29 is 4.79 Å². The SMILES string of the molecule is C=Cc1cc([C@@H](C)NC(=O)/C=C/c2ccc(C(C)(C)C)cc2)ccc1NC. The molecule has 0 radical (unpaired) electrons. The molecule has 1 amide bonds. The molecular weight excluding hydrogens is 332 g/mol. The van der Waals surface area contributed by atoms with Crippen LogP contribution in [0.4, 0.5) is 5.69 Å². The summed E-state index contributed by atoms with van der Waals surface area (Å²) in [5.74, 6) is -0.111. The van der Waals surface area contributed by atoms with E-state index in [1.807, 2.05) is 56.5 Å². The van der Waals surface area contributed by atoms with Crippen LogP contribution in [0.1, 0.15) is 56.0 Å². The highest BCUT2D eigenvalue weighted by molar-refractivity contribution is 5.92. The highest BCUT2D eigenvalue weighted by Crippen LogP contribution is 2.23. The maximum atomic E-state index is 12.3. The second-order valence-corrected chi connectivity index (χ2v) is 7.74. The molecule has 2 aromatic carbocycles. The van der Waals surface area contributed by atoms with E-state index >= 15 is 0 Å². The average molecular weight is 363 g/mol. The van der Waals surface area contributed by atoms with E-state index in [4.69, 9.17) is 0 Å². The Morgan fingerprint density at radius 2 is 1.78 bits per heavy atom. The Balaban J connectivity index is 2.02. The van der Waals surface area contributed by atoms with Gasteiger partial charge in [-0.15, -0.1) is 0 Å². The van der Waals surface area contributed by atoms with Crippen molar-refractivity contribution in [3.8, 4) is 0 Å². The van der Waals surface area contributed by atoms with Crippen molar-refractivity contribution in [2.24, 2.45) is 0 Å². The van der Waals surface area contributed by atoms with Gasteiger partial charge in [0.15, 0.2) is 0 Å². The van der Waals surface area contributed by atoms with Crippen LogP contribution in [0.3, 0.4) is 0 Å². The van der Waals surface area contributed by atoms with Crippen molar-refractivity contribution in [1.82, 2.24) is 5.32 Å². The van der Waals surface area contributed by atoms with E-state index < -0.39 is 0 Å². The van der Waals surface area contributed by atoms with Gasteiger partial charge in [0.2, 0.25) is 5.91 Å². The highest BCUT2D eigenvalue weighted by Gasteiger charge is 2.12. The largest absolute Gasteiger partial charge is 0.388 e. The van der Waals surface area contributed by atoms with Crippen LogP contribution in [0.2, 0.25) is 0 Å². The van der Waals surface area contributed by atoms with Crippen molar-refractivity contribution in [3.05, 3.63) is 77.4 Å². The Kier molecular flexibility index (Phi) is 6.62. The first-order valence-electron chi connectivity index (χ1n) is 9.28. The van der Waals surface area contributed by atoms with Crippen LogP contribution < -0.4 is 10.6 Å². The summed E-state index contributed by atoms with van der Waals surface area (Å²) in [6.07, 6.45) is 5.23. The number of anilines is 1. The molecule has 0 heterocycles. The van der Waals surface area contributed by atoms with Gasteiger partial charge in [-0.05, 0) is 52.8 Å². The zero-order chi connectivity index (χ0) is 20.0. The summed E-state index contributed by atoms with van der Waals surface area (Å²) in [6.45, 7) is 12.4. The molecule has 0 aliphatic rings. The lowest BCUT2D eigenvalue weighted by molar-refractivity contribution is -0.117. The van der Waals surface area contributed by atoms with Gasteiger partial charge in [0.25, 0.3) is 0 Å². The molecule has 0 saturated carbocycles. The molecule has 0 fully saturated rings. The summed E-state index contributed by atoms with van der Waals surface area (Å²) >= 11 is 0. The quantitative estimate of drug-likeness (QED) is 0.661. The average Bonchev–Trinajstić information content (AvgIpc) is 2.65. The lowest BCUT2D eigenvalue weighted by atomic mass is 9.87. The van der Waals surface area contributed by atoms with Crippen LogP contribution in [-0.2, 0) is 10.2 Å². The number of hydrogen-bond donors (Lipinski definition) is 2. The minimum absolute atomic E-state index is 0.0879. The summed E-state index contributed by atoms with van der Waals surface area (Å²) in [4.78, 5) is 12.3. The third kappa shape index (κ3) is 5.58. The summed E-state index contributed by atoms with van der Waals surface area (Å²) < 4.78 is 0. The fourth-order valence-corrected chi connectivity index (χ4v) is 2.86. The van der Waals surface area contributed by atoms with Gasteiger partial charge in [-0.1, -0.05) is 63.8 Å². The van der Waals surface area contributed by atoms with Crippen LogP contribution in [0.25, 0.3) is 12.2 Å². The number of carbonyl (C=O) groups excluding carboxylic acids is 1. The predicted octanol–water partition coefficient (Wildman–Crippen LogP) is 5.56. The number of benzene rings is 2. The van der Waals surface area contributed by atoms with Crippen molar-refractivity contribution in [3.63, 3.8) is 0 Å². The molecule has 0 unspecified atom stereocenters. The molecule has 0 bridgehead atoms.